The van der Waals surface area contributed by atoms with Gasteiger partial charge >= 0.3 is 5.97 Å². The van der Waals surface area contributed by atoms with Crippen molar-refractivity contribution in [3.05, 3.63) is 68.4 Å². The SMILES string of the molecule is COC(=O)c1cc(/C=C2\COc3c(Br)cc(C)cc3C2=O)ccc1F. The summed E-state index contributed by atoms with van der Waals surface area (Å²) in [7, 11) is 1.18. The number of ether oxygens (including phenoxy) is 2. The fourth-order valence-electron chi connectivity index (χ4n) is 2.64. The molecule has 0 amide bonds. The molecule has 1 aliphatic heterocycles. The van der Waals surface area contributed by atoms with E-state index in [-0.39, 0.29) is 18.0 Å². The maximum Gasteiger partial charge on any atom is 0.340 e. The zero-order valence-corrected chi connectivity index (χ0v) is 15.1. The molecule has 1 heterocycles. The molecule has 0 unspecified atom stereocenters. The van der Waals surface area contributed by atoms with Gasteiger partial charge in [-0.2, -0.15) is 0 Å². The van der Waals surface area contributed by atoms with E-state index < -0.39 is 11.8 Å². The van der Waals surface area contributed by atoms with Gasteiger partial charge in [0.2, 0.25) is 0 Å². The van der Waals surface area contributed by atoms with Crippen molar-refractivity contribution in [3.8, 4) is 5.75 Å². The summed E-state index contributed by atoms with van der Waals surface area (Å²) in [4.78, 5) is 24.3. The summed E-state index contributed by atoms with van der Waals surface area (Å²) < 4.78 is 24.7. The summed E-state index contributed by atoms with van der Waals surface area (Å²) in [6.45, 7) is 1.98. The summed E-state index contributed by atoms with van der Waals surface area (Å²) in [6.07, 6.45) is 1.59. The van der Waals surface area contributed by atoms with Crippen molar-refractivity contribution in [3.63, 3.8) is 0 Å². The number of hydrogen-bond acceptors (Lipinski definition) is 4. The van der Waals surface area contributed by atoms with Crippen LogP contribution in [0.25, 0.3) is 6.08 Å². The van der Waals surface area contributed by atoms with Crippen molar-refractivity contribution in [2.45, 2.75) is 6.92 Å². The second-order valence-corrected chi connectivity index (χ2v) is 6.50. The van der Waals surface area contributed by atoms with E-state index in [1.807, 2.05) is 13.0 Å². The number of Topliss-reactive ketones (excluding diaryl/α,β-unsaturated/α-hetero) is 1. The first kappa shape index (κ1) is 17.4. The molecule has 0 N–H and O–H groups in total. The second-order valence-electron chi connectivity index (χ2n) is 5.64. The molecule has 0 radical (unpaired) electrons. The lowest BCUT2D eigenvalue weighted by Crippen LogP contribution is -2.19. The van der Waals surface area contributed by atoms with E-state index in [2.05, 4.69) is 20.7 Å². The number of ketones is 1. The van der Waals surface area contributed by atoms with Gasteiger partial charge < -0.3 is 9.47 Å². The molecule has 0 fully saturated rings. The van der Waals surface area contributed by atoms with Gasteiger partial charge in [0.25, 0.3) is 0 Å². The zero-order chi connectivity index (χ0) is 18.1. The molecule has 0 saturated heterocycles. The number of esters is 1. The fourth-order valence-corrected chi connectivity index (χ4v) is 3.33. The van der Waals surface area contributed by atoms with Crippen LogP contribution in [-0.2, 0) is 4.74 Å². The number of benzene rings is 2. The van der Waals surface area contributed by atoms with Gasteiger partial charge in [-0.25, -0.2) is 9.18 Å². The molecule has 6 heteroatoms. The Labute approximate surface area is 152 Å². The average Bonchev–Trinajstić information content (AvgIpc) is 2.58. The molecule has 0 spiro atoms. The van der Waals surface area contributed by atoms with Crippen molar-refractivity contribution < 1.29 is 23.5 Å². The lowest BCUT2D eigenvalue weighted by atomic mass is 9.96. The van der Waals surface area contributed by atoms with Gasteiger partial charge in [0, 0.05) is 5.57 Å². The van der Waals surface area contributed by atoms with Crippen LogP contribution in [0, 0.1) is 12.7 Å². The van der Waals surface area contributed by atoms with Gasteiger partial charge in [0.1, 0.15) is 18.2 Å². The van der Waals surface area contributed by atoms with Crippen LogP contribution >= 0.6 is 15.9 Å². The van der Waals surface area contributed by atoms with Crippen LogP contribution in [0.1, 0.15) is 31.8 Å². The van der Waals surface area contributed by atoms with Gasteiger partial charge in [-0.15, -0.1) is 0 Å². The van der Waals surface area contributed by atoms with Gasteiger partial charge in [0.05, 0.1) is 22.7 Å². The van der Waals surface area contributed by atoms with Gasteiger partial charge in [-0.1, -0.05) is 6.07 Å². The molecule has 0 atom stereocenters. The minimum Gasteiger partial charge on any atom is -0.487 e. The number of carbonyl (C=O) groups is 2. The van der Waals surface area contributed by atoms with Gasteiger partial charge in [-0.3, -0.25) is 4.79 Å². The Hall–Kier alpha value is -2.47. The standard InChI is InChI=1S/C19H14BrFO4/c1-10-5-14-17(22)12(9-25-18(14)15(20)6-10)7-11-3-4-16(21)13(8-11)19(23)24-2/h3-8H,9H2,1-2H3/b12-7+. The van der Waals surface area contributed by atoms with Crippen molar-refractivity contribution in [2.75, 3.05) is 13.7 Å². The first-order chi connectivity index (χ1) is 11.9. The number of fused-ring (bicyclic) bond motifs is 1. The monoisotopic (exact) mass is 404 g/mol. The van der Waals surface area contributed by atoms with Crippen LogP contribution in [0.3, 0.4) is 0 Å². The van der Waals surface area contributed by atoms with Crippen LogP contribution in [0.15, 0.2) is 40.4 Å². The Morgan fingerprint density at radius 2 is 2.08 bits per heavy atom. The minimum atomic E-state index is -0.770. The number of methoxy groups -OCH3 is 1. The summed E-state index contributed by atoms with van der Waals surface area (Å²) >= 11 is 3.40. The van der Waals surface area contributed by atoms with E-state index in [0.29, 0.717) is 22.4 Å². The normalized spacial score (nSPS) is 14.9. The van der Waals surface area contributed by atoms with Crippen LogP contribution in [0.2, 0.25) is 0 Å². The summed E-state index contributed by atoms with van der Waals surface area (Å²) in [6, 6.07) is 7.65. The molecular weight excluding hydrogens is 391 g/mol. The second kappa shape index (κ2) is 6.80. The molecule has 128 valence electrons. The molecule has 2 aromatic rings. The highest BCUT2D eigenvalue weighted by molar-refractivity contribution is 9.10. The Morgan fingerprint density at radius 3 is 2.80 bits per heavy atom. The molecule has 0 aliphatic carbocycles. The first-order valence-corrected chi connectivity index (χ1v) is 8.26. The largest absolute Gasteiger partial charge is 0.487 e. The highest BCUT2D eigenvalue weighted by Crippen LogP contribution is 2.36. The van der Waals surface area contributed by atoms with E-state index in [4.69, 9.17) is 4.74 Å². The summed E-state index contributed by atoms with van der Waals surface area (Å²) in [5, 5.41) is 0. The lowest BCUT2D eigenvalue weighted by molar-refractivity contribution is 0.0595. The van der Waals surface area contributed by atoms with E-state index >= 15 is 0 Å². The molecule has 0 saturated carbocycles. The average molecular weight is 405 g/mol. The first-order valence-electron chi connectivity index (χ1n) is 7.47. The number of carbonyl (C=O) groups excluding carboxylic acids is 2. The topological polar surface area (TPSA) is 52.6 Å². The Balaban J connectivity index is 2.00. The Kier molecular flexibility index (Phi) is 4.72. The predicted molar refractivity (Wildman–Crippen MR) is 94.4 cm³/mol. The highest BCUT2D eigenvalue weighted by atomic mass is 79.9. The van der Waals surface area contributed by atoms with E-state index in [1.54, 1.807) is 12.1 Å². The summed E-state index contributed by atoms with van der Waals surface area (Å²) in [5.74, 6) is -1.09. The van der Waals surface area contributed by atoms with E-state index in [0.717, 1.165) is 10.0 Å². The number of rotatable bonds is 2. The molecule has 3 rings (SSSR count). The molecule has 4 nitrogen and oxygen atoms in total. The quantitative estimate of drug-likeness (QED) is 0.551. The number of halogens is 2. The van der Waals surface area contributed by atoms with Crippen LogP contribution < -0.4 is 4.74 Å². The van der Waals surface area contributed by atoms with Crippen LogP contribution in [0.4, 0.5) is 4.39 Å². The third-order valence-electron chi connectivity index (χ3n) is 3.83. The highest BCUT2D eigenvalue weighted by Gasteiger charge is 2.25. The zero-order valence-electron chi connectivity index (χ0n) is 13.6. The van der Waals surface area contributed by atoms with Crippen LogP contribution in [0.5, 0.6) is 5.75 Å². The van der Waals surface area contributed by atoms with Gasteiger partial charge in [0.15, 0.2) is 5.78 Å². The molecule has 1 aliphatic rings. The van der Waals surface area contributed by atoms with Crippen molar-refractivity contribution in [1.82, 2.24) is 0 Å². The fraction of sp³-hybridized carbons (Fsp3) is 0.158. The van der Waals surface area contributed by atoms with Crippen molar-refractivity contribution in [2.24, 2.45) is 0 Å². The van der Waals surface area contributed by atoms with Crippen molar-refractivity contribution >= 4 is 33.8 Å². The van der Waals surface area contributed by atoms with Crippen molar-refractivity contribution in [1.29, 1.82) is 0 Å². The maximum absolute atomic E-state index is 13.7. The predicted octanol–water partition coefficient (Wildman–Crippen LogP) is 4.34. The number of hydrogen-bond donors (Lipinski definition) is 0. The van der Waals surface area contributed by atoms with E-state index in [1.165, 1.54) is 25.3 Å². The lowest BCUT2D eigenvalue weighted by Gasteiger charge is -2.20. The maximum atomic E-state index is 13.7. The van der Waals surface area contributed by atoms with E-state index in [9.17, 15) is 14.0 Å². The minimum absolute atomic E-state index is 0.0957. The Morgan fingerprint density at radius 1 is 1.32 bits per heavy atom. The molecule has 25 heavy (non-hydrogen) atoms. The molecule has 2 aromatic carbocycles. The smallest absolute Gasteiger partial charge is 0.340 e. The summed E-state index contributed by atoms with van der Waals surface area (Å²) in [5.41, 5.74) is 2.16. The molecule has 0 bridgehead atoms. The molecule has 0 aromatic heterocycles. The third kappa shape index (κ3) is 3.35. The number of aryl methyl sites for hydroxylation is 1. The van der Waals surface area contributed by atoms with Gasteiger partial charge in [-0.05, 0) is 64.3 Å². The third-order valence-corrected chi connectivity index (χ3v) is 4.42. The van der Waals surface area contributed by atoms with Crippen LogP contribution in [-0.4, -0.2) is 25.5 Å². The molecular formula is C19H14BrFO4. The Bertz CT molecular complexity index is 918.